The van der Waals surface area contributed by atoms with Crippen LogP contribution in [0.5, 0.6) is 0 Å². The molecule has 0 bridgehead atoms. The van der Waals surface area contributed by atoms with E-state index in [9.17, 15) is 10.1 Å². The van der Waals surface area contributed by atoms with Gasteiger partial charge in [-0.2, -0.15) is 4.98 Å². The van der Waals surface area contributed by atoms with Crippen LogP contribution in [0.4, 0.5) is 5.69 Å². The fourth-order valence-electron chi connectivity index (χ4n) is 0.382. The zero-order valence-electron chi connectivity index (χ0n) is 4.37. The quantitative estimate of drug-likeness (QED) is 0.294. The number of hydrogen-bond donors (Lipinski definition) is 0. The van der Waals surface area contributed by atoms with Crippen LogP contribution in [0.25, 0.3) is 0 Å². The third-order valence-electron chi connectivity index (χ3n) is 0.747. The summed E-state index contributed by atoms with van der Waals surface area (Å²) in [6, 6.07) is 2.65. The maximum absolute atomic E-state index is 9.92. The summed E-state index contributed by atoms with van der Waals surface area (Å²) in [5, 5.41) is 9.92. The van der Waals surface area contributed by atoms with Crippen molar-refractivity contribution in [2.24, 2.45) is 0 Å². The van der Waals surface area contributed by atoms with Gasteiger partial charge < -0.3 is 0 Å². The molecule has 4 nitrogen and oxygen atoms in total. The average Bonchev–Trinajstić information content (AvgIpc) is 1.90. The largest absolute Gasteiger partial charge is 0.276 e. The van der Waals surface area contributed by atoms with E-state index >= 15 is 0 Å². The predicted octanol–water partition coefficient (Wildman–Crippen LogP) is -0.205. The molecule has 1 rings (SSSR count). The van der Waals surface area contributed by atoms with Crippen LogP contribution in [0.3, 0.4) is 0 Å². The Hall–Kier alpha value is -1.63. The summed E-state index contributed by atoms with van der Waals surface area (Å²) in [5.74, 6) is 0. The molecule has 0 amide bonds. The molecule has 0 aromatic carbocycles. The lowest BCUT2D eigenvalue weighted by Gasteiger charge is -1.81. The van der Waals surface area contributed by atoms with Crippen molar-refractivity contribution in [3.8, 4) is 0 Å². The van der Waals surface area contributed by atoms with Crippen molar-refractivity contribution >= 4 is 5.69 Å². The van der Waals surface area contributed by atoms with Crippen LogP contribution in [-0.4, -0.2) is 4.92 Å². The Morgan fingerprint density at radius 2 is 2.67 bits per heavy atom. The van der Waals surface area contributed by atoms with Crippen LogP contribution in [0.15, 0.2) is 12.1 Å². The SMILES string of the molecule is O=[N+]([O-])c1c#[n+][c-]cc1. The molecule has 0 N–H and O–H groups in total. The Bertz CT molecular complexity index is 209. The van der Waals surface area contributed by atoms with Crippen molar-refractivity contribution in [3.05, 3.63) is 34.6 Å². The van der Waals surface area contributed by atoms with Gasteiger partial charge in [0, 0.05) is 4.92 Å². The van der Waals surface area contributed by atoms with Crippen molar-refractivity contribution in [1.29, 1.82) is 0 Å². The van der Waals surface area contributed by atoms with E-state index in [1.807, 2.05) is 0 Å². The van der Waals surface area contributed by atoms with Gasteiger partial charge in [-0.25, -0.2) is 0 Å². The summed E-state index contributed by atoms with van der Waals surface area (Å²) in [4.78, 5) is 12.7. The van der Waals surface area contributed by atoms with Crippen molar-refractivity contribution in [2.75, 3.05) is 0 Å². The number of nitrogens with zero attached hydrogens (tertiary/aromatic N) is 2. The van der Waals surface area contributed by atoms with E-state index in [4.69, 9.17) is 0 Å². The molecule has 0 aliphatic rings. The molecule has 0 aliphatic carbocycles. The molecule has 1 aromatic rings. The lowest BCUT2D eigenvalue weighted by Crippen LogP contribution is -1.92. The molecule has 0 saturated heterocycles. The van der Waals surface area contributed by atoms with E-state index in [-0.39, 0.29) is 5.69 Å². The highest BCUT2D eigenvalue weighted by Crippen LogP contribution is 1.99. The lowest BCUT2D eigenvalue weighted by molar-refractivity contribution is -0.394. The molecule has 0 fully saturated rings. The molecule has 1 aromatic heterocycles. The number of rotatable bonds is 1. The van der Waals surface area contributed by atoms with Crippen molar-refractivity contribution in [3.63, 3.8) is 0 Å². The molecule has 44 valence electrons. The van der Waals surface area contributed by atoms with Crippen LogP contribution in [0.2, 0.25) is 0 Å². The summed E-state index contributed by atoms with van der Waals surface area (Å²) >= 11 is 0. The fraction of sp³-hybridized carbons (Fsp3) is 0. The zero-order valence-corrected chi connectivity index (χ0v) is 4.37. The molecule has 0 aliphatic heterocycles. The highest BCUT2D eigenvalue weighted by atomic mass is 16.6. The first-order valence-corrected chi connectivity index (χ1v) is 2.20. The van der Waals surface area contributed by atoms with Crippen molar-refractivity contribution in [1.82, 2.24) is 0 Å². The predicted molar refractivity (Wildman–Crippen MR) is 26.4 cm³/mol. The van der Waals surface area contributed by atoms with Crippen molar-refractivity contribution < 1.29 is 9.91 Å². The highest BCUT2D eigenvalue weighted by Gasteiger charge is 1.97. The van der Waals surface area contributed by atoms with E-state index in [0.717, 1.165) is 0 Å². The first kappa shape index (κ1) is 5.51. The zero-order chi connectivity index (χ0) is 6.69. The number of hydrogen-bond acceptors (Lipinski definition) is 2. The number of aromatic nitrogens is 1. The van der Waals surface area contributed by atoms with Gasteiger partial charge in [0.25, 0.3) is 11.9 Å². The maximum Gasteiger partial charge on any atom is 0.276 e. The van der Waals surface area contributed by atoms with E-state index in [1.165, 1.54) is 12.1 Å². The Morgan fingerprint density at radius 1 is 1.89 bits per heavy atom. The van der Waals surface area contributed by atoms with Gasteiger partial charge in [-0.15, -0.1) is 0 Å². The van der Waals surface area contributed by atoms with Gasteiger partial charge in [-0.3, -0.25) is 10.1 Å². The smallest absolute Gasteiger partial charge is 0.260 e. The summed E-state index contributed by atoms with van der Waals surface area (Å²) in [7, 11) is 0. The Kier molecular flexibility index (Phi) is 1.28. The highest BCUT2D eigenvalue weighted by molar-refractivity contribution is 5.17. The monoisotopic (exact) mass is 122 g/mol. The minimum absolute atomic E-state index is 0.131. The minimum Gasteiger partial charge on any atom is -0.260 e. The second kappa shape index (κ2) is 2.09. The third kappa shape index (κ3) is 1.13. The van der Waals surface area contributed by atoms with E-state index in [0.29, 0.717) is 0 Å². The summed E-state index contributed by atoms with van der Waals surface area (Å²) in [6.45, 7) is 0. The molecule has 4 heteroatoms. The molecule has 0 spiro atoms. The van der Waals surface area contributed by atoms with Gasteiger partial charge in [0.15, 0.2) is 0 Å². The van der Waals surface area contributed by atoms with E-state index in [2.05, 4.69) is 17.4 Å². The van der Waals surface area contributed by atoms with Gasteiger partial charge in [0.05, 0.1) is 0 Å². The summed E-state index contributed by atoms with van der Waals surface area (Å²) in [6.07, 6.45) is 4.54. The molecule has 9 heavy (non-hydrogen) atoms. The lowest BCUT2D eigenvalue weighted by atomic mass is 10.5. The normalized spacial score (nSPS) is 8.00. The third-order valence-corrected chi connectivity index (χ3v) is 0.747. The molecular formula is C5H2N2O2. The second-order valence-corrected chi connectivity index (χ2v) is 1.33. The van der Waals surface area contributed by atoms with Gasteiger partial charge in [0.2, 0.25) is 6.20 Å². The molecule has 0 atom stereocenters. The molecule has 0 radical (unpaired) electrons. The number of nitro groups is 1. The van der Waals surface area contributed by atoms with Crippen LogP contribution in [0.1, 0.15) is 0 Å². The second-order valence-electron chi connectivity index (χ2n) is 1.33. The summed E-state index contributed by atoms with van der Waals surface area (Å²) < 4.78 is 0. The maximum atomic E-state index is 9.92. The first-order valence-electron chi connectivity index (χ1n) is 2.20. The van der Waals surface area contributed by atoms with E-state index in [1.54, 1.807) is 0 Å². The van der Waals surface area contributed by atoms with Crippen LogP contribution in [0, 0.1) is 22.5 Å². The minimum atomic E-state index is -0.555. The summed E-state index contributed by atoms with van der Waals surface area (Å²) in [5.41, 5.74) is -0.131. The van der Waals surface area contributed by atoms with Crippen LogP contribution >= 0.6 is 0 Å². The molecule has 0 saturated carbocycles. The van der Waals surface area contributed by atoms with Gasteiger partial charge in [0.1, 0.15) is 0 Å². The standard InChI is InChI=1S/C5H2N2O2/c8-7(9)5-2-1-3-6-4-5/h1-2H. The van der Waals surface area contributed by atoms with Crippen LogP contribution in [-0.2, 0) is 0 Å². The average molecular weight is 122 g/mol. The molecular weight excluding hydrogens is 120 g/mol. The Labute approximate surface area is 51.3 Å². The van der Waals surface area contributed by atoms with E-state index < -0.39 is 4.92 Å². The Balaban J connectivity index is 2.98. The Morgan fingerprint density at radius 3 is 3.00 bits per heavy atom. The molecule has 1 heterocycles. The van der Waals surface area contributed by atoms with Gasteiger partial charge >= 0.3 is 0 Å². The van der Waals surface area contributed by atoms with Gasteiger partial charge in [-0.1, -0.05) is 12.1 Å². The fourth-order valence-corrected chi connectivity index (χ4v) is 0.382. The van der Waals surface area contributed by atoms with Gasteiger partial charge in [-0.05, 0) is 0 Å². The van der Waals surface area contributed by atoms with Crippen LogP contribution < -0.4 is 4.98 Å². The topological polar surface area (TPSA) is 57.2 Å². The molecule has 0 unspecified atom stereocenters. The first-order chi connectivity index (χ1) is 4.30. The van der Waals surface area contributed by atoms with Crippen molar-refractivity contribution in [2.45, 2.75) is 0 Å².